The Kier molecular flexibility index (Phi) is 5.99. The Labute approximate surface area is 176 Å². The van der Waals surface area contributed by atoms with E-state index in [9.17, 15) is 8.78 Å². The van der Waals surface area contributed by atoms with Crippen LogP contribution in [0.1, 0.15) is 18.5 Å². The summed E-state index contributed by atoms with van der Waals surface area (Å²) in [5, 5.41) is 7.41. The molecule has 0 aliphatic carbocycles. The van der Waals surface area contributed by atoms with Gasteiger partial charge in [-0.1, -0.05) is 6.07 Å². The van der Waals surface area contributed by atoms with E-state index in [1.165, 1.54) is 12.1 Å². The van der Waals surface area contributed by atoms with Crippen molar-refractivity contribution in [3.63, 3.8) is 0 Å². The van der Waals surface area contributed by atoms with Gasteiger partial charge in [-0.05, 0) is 19.1 Å². The monoisotopic (exact) mass is 426 g/mol. The predicted octanol–water partition coefficient (Wildman–Crippen LogP) is 3.66. The lowest BCUT2D eigenvalue weighted by atomic mass is 10.1. The Morgan fingerprint density at radius 1 is 1.16 bits per heavy atom. The molecule has 160 valence electrons. The first kappa shape index (κ1) is 20.6. The zero-order valence-corrected chi connectivity index (χ0v) is 16.9. The molecule has 0 aliphatic rings. The molecule has 0 saturated heterocycles. The minimum atomic E-state index is -0.641. The Morgan fingerprint density at radius 3 is 2.84 bits per heavy atom. The number of halogens is 2. The number of ether oxygens (including phenoxy) is 2. The Bertz CT molecular complexity index is 1200. The van der Waals surface area contributed by atoms with Crippen molar-refractivity contribution in [3.05, 3.63) is 66.1 Å². The van der Waals surface area contributed by atoms with Crippen LogP contribution in [0.5, 0.6) is 6.01 Å². The maximum atomic E-state index is 14.2. The fourth-order valence-corrected chi connectivity index (χ4v) is 3.08. The topological polar surface area (TPSA) is 86.5 Å². The molecule has 0 saturated carbocycles. The van der Waals surface area contributed by atoms with E-state index in [2.05, 4.69) is 25.4 Å². The van der Waals surface area contributed by atoms with E-state index in [-0.39, 0.29) is 12.6 Å². The molecule has 0 aliphatic heterocycles. The third kappa shape index (κ3) is 4.58. The number of hydrogen-bond donors (Lipinski definition) is 1. The summed E-state index contributed by atoms with van der Waals surface area (Å²) in [7, 11) is 1.57. The van der Waals surface area contributed by atoms with Gasteiger partial charge in [-0.15, -0.1) is 0 Å². The first-order chi connectivity index (χ1) is 15.0. The van der Waals surface area contributed by atoms with Crippen LogP contribution in [0.4, 0.5) is 14.6 Å². The van der Waals surface area contributed by atoms with Crippen LogP contribution in [0.15, 0.2) is 48.9 Å². The second kappa shape index (κ2) is 9.00. The molecule has 31 heavy (non-hydrogen) atoms. The molecule has 1 atom stereocenters. The van der Waals surface area contributed by atoms with Crippen molar-refractivity contribution in [2.75, 3.05) is 25.6 Å². The number of benzene rings is 1. The Hall–Kier alpha value is -3.66. The van der Waals surface area contributed by atoms with Crippen LogP contribution in [0.25, 0.3) is 16.9 Å². The van der Waals surface area contributed by atoms with E-state index in [0.717, 1.165) is 6.07 Å². The molecule has 8 nitrogen and oxygen atoms in total. The van der Waals surface area contributed by atoms with Gasteiger partial charge in [0.15, 0.2) is 5.65 Å². The number of nitrogens with one attached hydrogen (secondary N) is 1. The van der Waals surface area contributed by atoms with Crippen LogP contribution in [0.2, 0.25) is 0 Å². The highest BCUT2D eigenvalue weighted by atomic mass is 19.1. The van der Waals surface area contributed by atoms with Gasteiger partial charge in [0.25, 0.3) is 0 Å². The van der Waals surface area contributed by atoms with E-state index in [1.54, 1.807) is 49.3 Å². The van der Waals surface area contributed by atoms with Crippen LogP contribution < -0.4 is 10.1 Å². The minimum absolute atomic E-state index is 0.124. The van der Waals surface area contributed by atoms with Crippen LogP contribution in [0, 0.1) is 11.6 Å². The molecular formula is C21H20F2N6O2. The smallest absolute Gasteiger partial charge is 0.319 e. The van der Waals surface area contributed by atoms with E-state index < -0.39 is 17.7 Å². The molecule has 0 radical (unpaired) electrons. The minimum Gasteiger partial charge on any atom is -0.461 e. The maximum Gasteiger partial charge on any atom is 0.319 e. The van der Waals surface area contributed by atoms with E-state index in [4.69, 9.17) is 9.47 Å². The predicted molar refractivity (Wildman–Crippen MR) is 110 cm³/mol. The lowest BCUT2D eigenvalue weighted by Gasteiger charge is -2.17. The van der Waals surface area contributed by atoms with Gasteiger partial charge in [0.2, 0.25) is 0 Å². The molecule has 4 aromatic rings. The maximum absolute atomic E-state index is 14.2. The van der Waals surface area contributed by atoms with Crippen molar-refractivity contribution in [2.45, 2.75) is 13.0 Å². The molecule has 0 amide bonds. The van der Waals surface area contributed by atoms with Crippen molar-refractivity contribution in [1.82, 2.24) is 24.6 Å². The average molecular weight is 426 g/mol. The number of aromatic nitrogens is 5. The molecule has 0 unspecified atom stereocenters. The van der Waals surface area contributed by atoms with Gasteiger partial charge in [-0.2, -0.15) is 15.1 Å². The van der Waals surface area contributed by atoms with Gasteiger partial charge in [0.1, 0.15) is 24.1 Å². The molecule has 4 rings (SSSR count). The van der Waals surface area contributed by atoms with Gasteiger partial charge < -0.3 is 14.8 Å². The summed E-state index contributed by atoms with van der Waals surface area (Å²) in [5.74, 6) is -0.867. The number of rotatable bonds is 8. The number of fused-ring (bicyclic) bond motifs is 1. The van der Waals surface area contributed by atoms with Crippen molar-refractivity contribution < 1.29 is 18.3 Å². The zero-order chi connectivity index (χ0) is 21.8. The first-order valence-electron chi connectivity index (χ1n) is 9.56. The summed E-state index contributed by atoms with van der Waals surface area (Å²) in [6, 6.07) is 6.57. The van der Waals surface area contributed by atoms with Crippen LogP contribution in [0.3, 0.4) is 0 Å². The van der Waals surface area contributed by atoms with E-state index in [1.807, 2.05) is 0 Å². The quantitative estimate of drug-likeness (QED) is 0.430. The molecule has 3 heterocycles. The number of hydrogen-bond acceptors (Lipinski definition) is 7. The third-order valence-corrected chi connectivity index (χ3v) is 4.57. The molecule has 0 spiro atoms. The van der Waals surface area contributed by atoms with Crippen molar-refractivity contribution >= 4 is 11.5 Å². The van der Waals surface area contributed by atoms with Crippen LogP contribution >= 0.6 is 0 Å². The van der Waals surface area contributed by atoms with Crippen LogP contribution in [-0.4, -0.2) is 44.9 Å². The second-order valence-electron chi connectivity index (χ2n) is 6.74. The van der Waals surface area contributed by atoms with Crippen molar-refractivity contribution in [3.8, 4) is 17.3 Å². The zero-order valence-electron chi connectivity index (χ0n) is 16.9. The summed E-state index contributed by atoms with van der Waals surface area (Å²) in [5.41, 5.74) is 2.14. The summed E-state index contributed by atoms with van der Waals surface area (Å²) in [4.78, 5) is 13.2. The highest BCUT2D eigenvalue weighted by Crippen LogP contribution is 2.28. The van der Waals surface area contributed by atoms with Gasteiger partial charge >= 0.3 is 6.01 Å². The summed E-state index contributed by atoms with van der Waals surface area (Å²) < 4.78 is 39.7. The van der Waals surface area contributed by atoms with Crippen molar-refractivity contribution in [2.24, 2.45) is 0 Å². The average Bonchev–Trinajstić information content (AvgIpc) is 3.18. The largest absolute Gasteiger partial charge is 0.461 e. The fraction of sp³-hybridized carbons (Fsp3) is 0.238. The highest BCUT2D eigenvalue weighted by Gasteiger charge is 2.16. The Balaban J connectivity index is 1.69. The molecule has 1 N–H and O–H groups in total. The second-order valence-corrected chi connectivity index (χ2v) is 6.74. The van der Waals surface area contributed by atoms with Gasteiger partial charge in [-0.3, -0.25) is 0 Å². The van der Waals surface area contributed by atoms with Gasteiger partial charge in [-0.25, -0.2) is 18.3 Å². The molecule has 0 bridgehead atoms. The lowest BCUT2D eigenvalue weighted by Crippen LogP contribution is -2.12. The number of methoxy groups -OCH3 is 1. The number of anilines is 1. The van der Waals surface area contributed by atoms with Gasteiger partial charge in [0, 0.05) is 37.2 Å². The normalized spacial score (nSPS) is 12.1. The van der Waals surface area contributed by atoms with E-state index >= 15 is 0 Å². The standard InChI is InChI=1S/C21H20F2N6O2/c1-13(15-5-4-14(22)10-17(15)23)26-19-11-18(27-21(28-19)31-9-8-30-2)16-12-25-29-7-3-6-24-20(16)29/h3-7,10-13H,8-9H2,1-2H3,(H,26,27,28)/t13-/m0/s1. The summed E-state index contributed by atoms with van der Waals surface area (Å²) >= 11 is 0. The third-order valence-electron chi connectivity index (χ3n) is 4.57. The first-order valence-corrected chi connectivity index (χ1v) is 9.56. The number of nitrogens with zero attached hydrogens (tertiary/aromatic N) is 5. The summed E-state index contributed by atoms with van der Waals surface area (Å²) in [6.07, 6.45) is 5.09. The SMILES string of the molecule is COCCOc1nc(N[C@@H](C)c2ccc(F)cc2F)cc(-c2cnn3cccnc23)n1. The highest BCUT2D eigenvalue weighted by molar-refractivity contribution is 5.75. The fourth-order valence-electron chi connectivity index (χ4n) is 3.08. The summed E-state index contributed by atoms with van der Waals surface area (Å²) in [6.45, 7) is 2.38. The van der Waals surface area contributed by atoms with E-state index in [0.29, 0.717) is 34.9 Å². The molecule has 1 aromatic carbocycles. The molecule has 3 aromatic heterocycles. The molecule has 0 fully saturated rings. The lowest BCUT2D eigenvalue weighted by molar-refractivity contribution is 0.141. The molecule has 10 heteroatoms. The molecular weight excluding hydrogens is 406 g/mol. The van der Waals surface area contributed by atoms with Crippen molar-refractivity contribution in [1.29, 1.82) is 0 Å². The van der Waals surface area contributed by atoms with Gasteiger partial charge in [0.05, 0.1) is 30.1 Å². The van der Waals surface area contributed by atoms with Crippen LogP contribution in [-0.2, 0) is 4.74 Å². The Morgan fingerprint density at radius 2 is 2.03 bits per heavy atom.